The molecular formula is C21H27ClN6O2. The van der Waals surface area contributed by atoms with Crippen LogP contribution in [0.3, 0.4) is 0 Å². The molecule has 2 aliphatic heterocycles. The molecule has 0 spiro atoms. The Kier molecular flexibility index (Phi) is 5.44. The van der Waals surface area contributed by atoms with Crippen molar-refractivity contribution in [2.45, 2.75) is 38.6 Å². The SMILES string of the molecule is Cc1nc([C@@]23CN(C(=O)Cc4cccc(Cl)c4)C[C@@H]2CN(C(=O)NC(C)C)C3)n[nH]1. The summed E-state index contributed by atoms with van der Waals surface area (Å²) in [5, 5.41) is 10.9. The van der Waals surface area contributed by atoms with Gasteiger partial charge in [-0.2, -0.15) is 5.10 Å². The van der Waals surface area contributed by atoms with Gasteiger partial charge in [0.2, 0.25) is 5.91 Å². The van der Waals surface area contributed by atoms with Crippen molar-refractivity contribution in [1.82, 2.24) is 30.3 Å². The van der Waals surface area contributed by atoms with Gasteiger partial charge in [-0.15, -0.1) is 0 Å². The van der Waals surface area contributed by atoms with E-state index in [1.807, 2.05) is 48.8 Å². The van der Waals surface area contributed by atoms with Gasteiger partial charge >= 0.3 is 6.03 Å². The number of likely N-dealkylation sites (tertiary alicyclic amines) is 2. The maximum atomic E-state index is 13.0. The van der Waals surface area contributed by atoms with Gasteiger partial charge in [0, 0.05) is 43.2 Å². The van der Waals surface area contributed by atoms with Gasteiger partial charge in [0.15, 0.2) is 5.82 Å². The number of carbonyl (C=O) groups excluding carboxylic acids is 2. The number of amides is 3. The summed E-state index contributed by atoms with van der Waals surface area (Å²) >= 11 is 6.06. The highest BCUT2D eigenvalue weighted by molar-refractivity contribution is 6.30. The van der Waals surface area contributed by atoms with E-state index in [9.17, 15) is 9.59 Å². The van der Waals surface area contributed by atoms with Crippen LogP contribution < -0.4 is 5.32 Å². The van der Waals surface area contributed by atoms with Crippen molar-refractivity contribution in [3.63, 3.8) is 0 Å². The van der Waals surface area contributed by atoms with E-state index in [0.717, 1.165) is 11.4 Å². The summed E-state index contributed by atoms with van der Waals surface area (Å²) in [5.74, 6) is 1.56. The summed E-state index contributed by atoms with van der Waals surface area (Å²) in [6, 6.07) is 7.37. The van der Waals surface area contributed by atoms with E-state index in [1.165, 1.54) is 0 Å². The van der Waals surface area contributed by atoms with E-state index in [2.05, 4.69) is 20.5 Å². The molecule has 160 valence electrons. The standard InChI is InChI=1S/C21H27ClN6O2/c1-13(2)23-20(30)28-10-16-9-27(18(29)8-15-5-4-6-17(22)7-15)11-21(16,12-28)19-24-14(3)25-26-19/h4-7,13,16H,8-12H2,1-3H3,(H,23,30)(H,24,25,26)/t16-,21-/m1/s1. The van der Waals surface area contributed by atoms with Crippen LogP contribution in [0.4, 0.5) is 4.79 Å². The molecule has 2 aliphatic rings. The molecule has 0 radical (unpaired) electrons. The summed E-state index contributed by atoms with van der Waals surface area (Å²) in [5.41, 5.74) is 0.438. The summed E-state index contributed by atoms with van der Waals surface area (Å²) in [7, 11) is 0. The lowest BCUT2D eigenvalue weighted by Crippen LogP contribution is -2.46. The fraction of sp³-hybridized carbons (Fsp3) is 0.524. The molecule has 9 heteroatoms. The second-order valence-electron chi connectivity index (χ2n) is 8.66. The Bertz CT molecular complexity index is 960. The number of H-pyrrole nitrogens is 1. The van der Waals surface area contributed by atoms with Gasteiger partial charge in [-0.1, -0.05) is 23.7 Å². The third kappa shape index (κ3) is 3.88. The van der Waals surface area contributed by atoms with Gasteiger partial charge in [-0.3, -0.25) is 9.89 Å². The second kappa shape index (κ2) is 7.91. The van der Waals surface area contributed by atoms with Crippen molar-refractivity contribution in [3.8, 4) is 0 Å². The number of nitrogens with one attached hydrogen (secondary N) is 2. The molecule has 3 amide bonds. The van der Waals surface area contributed by atoms with E-state index in [-0.39, 0.29) is 23.9 Å². The Labute approximate surface area is 181 Å². The van der Waals surface area contributed by atoms with Gasteiger partial charge in [0.05, 0.1) is 11.8 Å². The number of nitrogens with zero attached hydrogens (tertiary/aromatic N) is 4. The van der Waals surface area contributed by atoms with Crippen LogP contribution in [0, 0.1) is 12.8 Å². The third-order valence-electron chi connectivity index (χ3n) is 5.95. The number of fused-ring (bicyclic) bond motifs is 1. The molecule has 2 atom stereocenters. The van der Waals surface area contributed by atoms with Crippen LogP contribution in [-0.4, -0.2) is 69.1 Å². The predicted molar refractivity (Wildman–Crippen MR) is 113 cm³/mol. The number of carbonyl (C=O) groups is 2. The summed E-state index contributed by atoms with van der Waals surface area (Å²) in [4.78, 5) is 34.0. The number of rotatable bonds is 4. The average Bonchev–Trinajstić information content (AvgIpc) is 3.33. The van der Waals surface area contributed by atoms with Gasteiger partial charge < -0.3 is 15.1 Å². The topological polar surface area (TPSA) is 94.2 Å². The summed E-state index contributed by atoms with van der Waals surface area (Å²) < 4.78 is 0. The lowest BCUT2D eigenvalue weighted by atomic mass is 9.80. The first kappa shape index (κ1) is 20.7. The van der Waals surface area contributed by atoms with E-state index in [4.69, 9.17) is 11.6 Å². The highest BCUT2D eigenvalue weighted by Crippen LogP contribution is 2.43. The first-order valence-corrected chi connectivity index (χ1v) is 10.6. The second-order valence-corrected chi connectivity index (χ2v) is 9.10. The zero-order valence-electron chi connectivity index (χ0n) is 17.5. The summed E-state index contributed by atoms with van der Waals surface area (Å²) in [6.07, 6.45) is 0.300. The number of hydrogen-bond acceptors (Lipinski definition) is 4. The summed E-state index contributed by atoms with van der Waals surface area (Å²) in [6.45, 7) is 7.90. The van der Waals surface area contributed by atoms with Crippen molar-refractivity contribution < 1.29 is 9.59 Å². The molecule has 1 aromatic carbocycles. The van der Waals surface area contributed by atoms with Gasteiger partial charge in [-0.05, 0) is 38.5 Å². The van der Waals surface area contributed by atoms with Crippen LogP contribution in [0.5, 0.6) is 0 Å². The van der Waals surface area contributed by atoms with E-state index in [1.54, 1.807) is 6.07 Å². The molecule has 1 aromatic heterocycles. The molecular weight excluding hydrogens is 404 g/mol. The lowest BCUT2D eigenvalue weighted by Gasteiger charge is -2.27. The lowest BCUT2D eigenvalue weighted by molar-refractivity contribution is -0.129. The fourth-order valence-corrected chi connectivity index (χ4v) is 4.78. The highest BCUT2D eigenvalue weighted by atomic mass is 35.5. The molecule has 4 rings (SSSR count). The van der Waals surface area contributed by atoms with Gasteiger partial charge in [0.1, 0.15) is 5.82 Å². The van der Waals surface area contributed by atoms with Crippen LogP contribution in [0.1, 0.15) is 31.1 Å². The molecule has 0 bridgehead atoms. The largest absolute Gasteiger partial charge is 0.341 e. The molecule has 0 saturated carbocycles. The molecule has 2 fully saturated rings. The predicted octanol–water partition coefficient (Wildman–Crippen LogP) is 2.14. The Morgan fingerprint density at radius 2 is 2.03 bits per heavy atom. The Morgan fingerprint density at radius 1 is 1.30 bits per heavy atom. The van der Waals surface area contributed by atoms with E-state index < -0.39 is 5.41 Å². The number of aromatic nitrogens is 3. The number of aryl methyl sites for hydroxylation is 1. The Morgan fingerprint density at radius 3 is 2.70 bits per heavy atom. The minimum atomic E-state index is -0.455. The minimum Gasteiger partial charge on any atom is -0.341 e. The number of hydrogen-bond donors (Lipinski definition) is 2. The number of halogens is 1. The van der Waals surface area contributed by atoms with Crippen LogP contribution in [-0.2, 0) is 16.6 Å². The average molecular weight is 431 g/mol. The number of benzene rings is 1. The van der Waals surface area contributed by atoms with Crippen LogP contribution in [0.2, 0.25) is 5.02 Å². The molecule has 0 aliphatic carbocycles. The van der Waals surface area contributed by atoms with Crippen LogP contribution in [0.15, 0.2) is 24.3 Å². The van der Waals surface area contributed by atoms with Crippen LogP contribution in [0.25, 0.3) is 0 Å². The van der Waals surface area contributed by atoms with Crippen molar-refractivity contribution >= 4 is 23.5 Å². The Balaban J connectivity index is 1.55. The van der Waals surface area contributed by atoms with Crippen molar-refractivity contribution in [3.05, 3.63) is 46.5 Å². The number of aromatic amines is 1. The first-order valence-electron chi connectivity index (χ1n) is 10.2. The fourth-order valence-electron chi connectivity index (χ4n) is 4.56. The Hall–Kier alpha value is -2.61. The highest BCUT2D eigenvalue weighted by Gasteiger charge is 2.57. The molecule has 30 heavy (non-hydrogen) atoms. The van der Waals surface area contributed by atoms with E-state index >= 15 is 0 Å². The van der Waals surface area contributed by atoms with Gasteiger partial charge in [0.25, 0.3) is 0 Å². The smallest absolute Gasteiger partial charge is 0.317 e. The zero-order chi connectivity index (χ0) is 21.5. The van der Waals surface area contributed by atoms with E-state index in [0.29, 0.717) is 43.4 Å². The molecule has 2 N–H and O–H groups in total. The maximum absolute atomic E-state index is 13.0. The quantitative estimate of drug-likeness (QED) is 0.776. The van der Waals surface area contributed by atoms with Crippen molar-refractivity contribution in [1.29, 1.82) is 0 Å². The molecule has 8 nitrogen and oxygen atoms in total. The normalized spacial score (nSPS) is 23.2. The van der Waals surface area contributed by atoms with Crippen LogP contribution >= 0.6 is 11.6 Å². The van der Waals surface area contributed by atoms with Crippen molar-refractivity contribution in [2.24, 2.45) is 5.92 Å². The van der Waals surface area contributed by atoms with Gasteiger partial charge in [-0.25, -0.2) is 9.78 Å². The number of urea groups is 1. The molecule has 0 unspecified atom stereocenters. The molecule has 2 saturated heterocycles. The third-order valence-corrected chi connectivity index (χ3v) is 6.18. The molecule has 2 aromatic rings. The first-order chi connectivity index (χ1) is 14.3. The van der Waals surface area contributed by atoms with Crippen molar-refractivity contribution in [2.75, 3.05) is 26.2 Å². The monoisotopic (exact) mass is 430 g/mol. The molecule has 3 heterocycles. The maximum Gasteiger partial charge on any atom is 0.317 e. The minimum absolute atomic E-state index is 0.0523. The zero-order valence-corrected chi connectivity index (χ0v) is 18.2.